The molecule has 1 aliphatic heterocycles. The van der Waals surface area contributed by atoms with Gasteiger partial charge in [-0.15, -0.1) is 0 Å². The molecule has 1 saturated heterocycles. The second-order valence-corrected chi connectivity index (χ2v) is 9.99. The summed E-state index contributed by atoms with van der Waals surface area (Å²) in [5.74, 6) is -3.36. The number of carbonyl (C=O) groups is 4. The van der Waals surface area contributed by atoms with Gasteiger partial charge in [-0.2, -0.15) is 0 Å². The Bertz CT molecular complexity index is 1310. The molecule has 196 valence electrons. The zero-order valence-electron chi connectivity index (χ0n) is 21.1. The van der Waals surface area contributed by atoms with Crippen molar-refractivity contribution >= 4 is 45.3 Å². The Morgan fingerprint density at radius 1 is 0.947 bits per heavy atom. The van der Waals surface area contributed by atoms with Crippen molar-refractivity contribution in [3.05, 3.63) is 99.5 Å². The third-order valence-corrected chi connectivity index (χ3v) is 7.43. The lowest BCUT2D eigenvalue weighted by Gasteiger charge is -2.23. The van der Waals surface area contributed by atoms with Gasteiger partial charge in [-0.25, -0.2) is 0 Å². The van der Waals surface area contributed by atoms with E-state index >= 15 is 0 Å². The maximum Gasteiger partial charge on any atom is 0.311 e. The zero-order valence-corrected chi connectivity index (χ0v) is 22.7. The second kappa shape index (κ2) is 12.0. The van der Waals surface area contributed by atoms with Crippen LogP contribution in [0.1, 0.15) is 34.6 Å². The van der Waals surface area contributed by atoms with Crippen molar-refractivity contribution in [1.82, 2.24) is 10.4 Å². The number of benzene rings is 3. The maximum absolute atomic E-state index is 13.3. The predicted octanol–water partition coefficient (Wildman–Crippen LogP) is 4.26. The first-order valence-corrected chi connectivity index (χ1v) is 13.0. The molecule has 38 heavy (non-hydrogen) atoms. The molecule has 0 aromatic heterocycles. The van der Waals surface area contributed by atoms with E-state index in [1.165, 1.54) is 0 Å². The average molecular weight is 578 g/mol. The van der Waals surface area contributed by atoms with Crippen molar-refractivity contribution in [2.24, 2.45) is 5.92 Å². The highest BCUT2D eigenvalue weighted by atomic mass is 79.9. The molecule has 1 aliphatic rings. The van der Waals surface area contributed by atoms with Crippen LogP contribution in [0.2, 0.25) is 0 Å². The number of hydrogen-bond acceptors (Lipinski definition) is 5. The average Bonchev–Trinajstić information content (AvgIpc) is 3.29. The number of amides is 3. The van der Waals surface area contributed by atoms with Gasteiger partial charge < -0.3 is 10.1 Å². The van der Waals surface area contributed by atoms with Crippen LogP contribution in [0.3, 0.4) is 0 Å². The van der Waals surface area contributed by atoms with Crippen molar-refractivity contribution in [1.29, 1.82) is 0 Å². The van der Waals surface area contributed by atoms with Crippen LogP contribution in [0.15, 0.2) is 77.3 Å². The first-order valence-electron chi connectivity index (χ1n) is 12.2. The van der Waals surface area contributed by atoms with E-state index in [0.29, 0.717) is 5.69 Å². The fourth-order valence-corrected chi connectivity index (χ4v) is 4.75. The van der Waals surface area contributed by atoms with Gasteiger partial charge in [-0.3, -0.25) is 29.6 Å². The number of carbonyl (C=O) groups excluding carboxylic acids is 4. The number of hydrogen-bond donors (Lipinski definition) is 2. The van der Waals surface area contributed by atoms with E-state index in [1.54, 1.807) is 6.07 Å². The minimum absolute atomic E-state index is 0.0354. The number of hydrazine groups is 1. The first-order chi connectivity index (χ1) is 18.2. The first kappa shape index (κ1) is 27.1. The van der Waals surface area contributed by atoms with E-state index in [9.17, 15) is 19.2 Å². The smallest absolute Gasteiger partial charge is 0.311 e. The molecule has 0 aliphatic carbocycles. The van der Waals surface area contributed by atoms with Gasteiger partial charge >= 0.3 is 5.97 Å². The number of halogens is 1. The van der Waals surface area contributed by atoms with Crippen molar-refractivity contribution < 1.29 is 23.9 Å². The minimum atomic E-state index is -0.792. The molecule has 0 saturated carbocycles. The van der Waals surface area contributed by atoms with Crippen LogP contribution >= 0.6 is 15.9 Å². The van der Waals surface area contributed by atoms with Gasteiger partial charge in [-0.05, 0) is 48.2 Å². The molecule has 0 spiro atoms. The maximum atomic E-state index is 13.3. The van der Waals surface area contributed by atoms with Gasteiger partial charge in [-0.1, -0.05) is 76.6 Å². The molecule has 3 aromatic carbocycles. The minimum Gasteiger partial charge on any atom is -0.455 e. The number of anilines is 1. The summed E-state index contributed by atoms with van der Waals surface area (Å²) < 4.78 is 6.12. The Labute approximate surface area is 229 Å². The SMILES string of the molecule is Cc1c(Br)ccc(NC(=O)COC(=O)[C@H]2CC(=O)N(NC(=O)C(c3ccccc3)c3ccccc3)C2)c1C. The highest BCUT2D eigenvalue weighted by Gasteiger charge is 2.37. The number of ether oxygens (including phenoxy) is 1. The fraction of sp³-hybridized carbons (Fsp3) is 0.241. The summed E-state index contributed by atoms with van der Waals surface area (Å²) in [7, 11) is 0. The Hall–Kier alpha value is -3.98. The predicted molar refractivity (Wildman–Crippen MR) is 146 cm³/mol. The molecule has 9 heteroatoms. The molecule has 4 rings (SSSR count). The number of nitrogens with zero attached hydrogens (tertiary/aromatic N) is 1. The zero-order chi connectivity index (χ0) is 27.2. The lowest BCUT2D eigenvalue weighted by Crippen LogP contribution is -2.45. The van der Waals surface area contributed by atoms with Gasteiger partial charge in [0.15, 0.2) is 6.61 Å². The molecular weight excluding hydrogens is 550 g/mol. The lowest BCUT2D eigenvalue weighted by molar-refractivity contribution is -0.151. The molecule has 0 bridgehead atoms. The monoisotopic (exact) mass is 577 g/mol. The number of nitrogens with one attached hydrogen (secondary N) is 2. The quantitative estimate of drug-likeness (QED) is 0.389. The van der Waals surface area contributed by atoms with Crippen LogP contribution in [0.5, 0.6) is 0 Å². The van der Waals surface area contributed by atoms with Crippen LogP contribution < -0.4 is 10.7 Å². The van der Waals surface area contributed by atoms with Gasteiger partial charge in [0.25, 0.3) is 11.8 Å². The van der Waals surface area contributed by atoms with Crippen molar-refractivity contribution in [2.45, 2.75) is 26.2 Å². The van der Waals surface area contributed by atoms with Crippen molar-refractivity contribution in [3.8, 4) is 0 Å². The molecule has 1 atom stereocenters. The Morgan fingerprint density at radius 3 is 2.16 bits per heavy atom. The Balaban J connectivity index is 1.34. The van der Waals surface area contributed by atoms with Gasteiger partial charge in [0.1, 0.15) is 0 Å². The number of rotatable bonds is 8. The highest BCUT2D eigenvalue weighted by Crippen LogP contribution is 2.27. The van der Waals surface area contributed by atoms with Crippen molar-refractivity contribution in [3.63, 3.8) is 0 Å². The van der Waals surface area contributed by atoms with E-state index in [0.717, 1.165) is 31.7 Å². The van der Waals surface area contributed by atoms with E-state index in [1.807, 2.05) is 80.6 Å². The summed E-state index contributed by atoms with van der Waals surface area (Å²) in [5.41, 5.74) is 6.76. The van der Waals surface area contributed by atoms with Crippen LogP contribution in [-0.4, -0.2) is 41.9 Å². The van der Waals surface area contributed by atoms with E-state index in [4.69, 9.17) is 4.74 Å². The summed E-state index contributed by atoms with van der Waals surface area (Å²) in [6.07, 6.45) is -0.118. The third-order valence-electron chi connectivity index (χ3n) is 6.57. The molecule has 1 heterocycles. The molecule has 0 unspecified atom stereocenters. The molecule has 8 nitrogen and oxygen atoms in total. The van der Waals surface area contributed by atoms with Crippen LogP contribution in [0, 0.1) is 19.8 Å². The number of esters is 1. The summed E-state index contributed by atoms with van der Waals surface area (Å²) in [5, 5.41) is 3.89. The molecule has 2 N–H and O–H groups in total. The molecule has 3 aromatic rings. The highest BCUT2D eigenvalue weighted by molar-refractivity contribution is 9.10. The third kappa shape index (κ3) is 6.28. The van der Waals surface area contributed by atoms with Gasteiger partial charge in [0, 0.05) is 16.6 Å². The normalized spacial score (nSPS) is 14.9. The molecular formula is C29H28BrN3O5. The molecule has 3 amide bonds. The van der Waals surface area contributed by atoms with Crippen LogP contribution in [-0.2, 0) is 23.9 Å². The van der Waals surface area contributed by atoms with E-state index in [-0.39, 0.29) is 18.9 Å². The summed E-state index contributed by atoms with van der Waals surface area (Å²) in [4.78, 5) is 50.9. The topological polar surface area (TPSA) is 105 Å². The van der Waals surface area contributed by atoms with Gasteiger partial charge in [0.05, 0.1) is 18.4 Å². The standard InChI is InChI=1S/C29H28BrN3O5/c1-18-19(2)24(14-13-23(18)30)31-25(34)17-38-29(37)22-15-26(35)33(16-22)32-28(36)27(20-9-5-3-6-10-20)21-11-7-4-8-12-21/h3-14,22,27H,15-17H2,1-2H3,(H,31,34)(H,32,36)/t22-/m0/s1. The van der Waals surface area contributed by atoms with E-state index < -0.39 is 36.2 Å². The molecule has 0 radical (unpaired) electrons. The summed E-state index contributed by atoms with van der Waals surface area (Å²) in [6, 6.07) is 22.1. The Kier molecular flexibility index (Phi) is 8.58. The fourth-order valence-electron chi connectivity index (χ4n) is 4.32. The van der Waals surface area contributed by atoms with Crippen molar-refractivity contribution in [2.75, 3.05) is 18.5 Å². The largest absolute Gasteiger partial charge is 0.455 e. The summed E-state index contributed by atoms with van der Waals surface area (Å²) >= 11 is 3.45. The van der Waals surface area contributed by atoms with Crippen LogP contribution in [0.25, 0.3) is 0 Å². The van der Waals surface area contributed by atoms with Crippen LogP contribution in [0.4, 0.5) is 5.69 Å². The summed E-state index contributed by atoms with van der Waals surface area (Å²) in [6.45, 7) is 3.30. The lowest BCUT2D eigenvalue weighted by atomic mass is 9.91. The van der Waals surface area contributed by atoms with Gasteiger partial charge in [0.2, 0.25) is 5.91 Å². The molecule has 1 fully saturated rings. The Morgan fingerprint density at radius 2 is 1.55 bits per heavy atom. The van der Waals surface area contributed by atoms with E-state index in [2.05, 4.69) is 26.7 Å². The second-order valence-electron chi connectivity index (χ2n) is 9.14.